The van der Waals surface area contributed by atoms with Gasteiger partial charge in [0, 0.05) is 18.0 Å². The maximum atomic E-state index is 5.39. The molecule has 2 aromatic heterocycles. The van der Waals surface area contributed by atoms with Crippen molar-refractivity contribution in [2.45, 2.75) is 19.5 Å². The lowest BCUT2D eigenvalue weighted by atomic mass is 10.1. The van der Waals surface area contributed by atoms with E-state index in [1.807, 2.05) is 12.1 Å². The number of pyridine rings is 1. The van der Waals surface area contributed by atoms with Gasteiger partial charge in [-0.05, 0) is 41.4 Å². The average molecular weight is 298 g/mol. The smallest absolute Gasteiger partial charge is 0.145 e. The van der Waals surface area contributed by atoms with Gasteiger partial charge in [0.05, 0.1) is 12.8 Å². The summed E-state index contributed by atoms with van der Waals surface area (Å²) < 4.78 is 5.39. The first-order valence-corrected chi connectivity index (χ1v) is 7.90. The van der Waals surface area contributed by atoms with Crippen LogP contribution in [0.15, 0.2) is 47.2 Å². The van der Waals surface area contributed by atoms with Crippen LogP contribution in [-0.2, 0) is 6.54 Å². The van der Waals surface area contributed by atoms with E-state index in [9.17, 15) is 0 Å². The minimum Gasteiger partial charge on any atom is -0.494 e. The van der Waals surface area contributed by atoms with Crippen LogP contribution in [-0.4, -0.2) is 12.1 Å². The standard InChI is InChI=1S/C17H18N2OS/c1-12(14-8-9-21-11-14)18-10-15-7-6-13-4-3-5-16(20-2)17(13)19-15/h3-9,11-12,18H,10H2,1-2H3. The van der Waals surface area contributed by atoms with Crippen molar-refractivity contribution in [2.24, 2.45) is 0 Å². The molecular formula is C17H18N2OS. The van der Waals surface area contributed by atoms with E-state index in [1.165, 1.54) is 5.56 Å². The molecule has 1 atom stereocenters. The maximum absolute atomic E-state index is 5.39. The summed E-state index contributed by atoms with van der Waals surface area (Å²) in [4.78, 5) is 4.71. The molecule has 1 aromatic carbocycles. The van der Waals surface area contributed by atoms with E-state index in [1.54, 1.807) is 18.4 Å². The van der Waals surface area contributed by atoms with Crippen LogP contribution in [0.5, 0.6) is 5.75 Å². The van der Waals surface area contributed by atoms with E-state index in [2.05, 4.69) is 47.3 Å². The van der Waals surface area contributed by atoms with Crippen molar-refractivity contribution in [2.75, 3.05) is 7.11 Å². The second-order valence-corrected chi connectivity index (χ2v) is 5.77. The van der Waals surface area contributed by atoms with Gasteiger partial charge in [-0.2, -0.15) is 11.3 Å². The van der Waals surface area contributed by atoms with Crippen LogP contribution in [0.4, 0.5) is 0 Å². The zero-order valence-electron chi connectivity index (χ0n) is 12.2. The van der Waals surface area contributed by atoms with E-state index >= 15 is 0 Å². The molecule has 4 heteroatoms. The number of thiophene rings is 1. The molecule has 0 bridgehead atoms. The third kappa shape index (κ3) is 3.06. The normalized spacial score (nSPS) is 12.5. The summed E-state index contributed by atoms with van der Waals surface area (Å²) in [5, 5.41) is 8.89. The van der Waals surface area contributed by atoms with Gasteiger partial charge in [0.2, 0.25) is 0 Å². The van der Waals surface area contributed by atoms with Gasteiger partial charge >= 0.3 is 0 Å². The molecule has 2 heterocycles. The van der Waals surface area contributed by atoms with Crippen LogP contribution in [0.2, 0.25) is 0 Å². The first-order chi connectivity index (χ1) is 10.3. The molecule has 0 amide bonds. The molecule has 108 valence electrons. The molecule has 21 heavy (non-hydrogen) atoms. The first kappa shape index (κ1) is 14.0. The highest BCUT2D eigenvalue weighted by atomic mass is 32.1. The third-order valence-corrected chi connectivity index (χ3v) is 4.29. The summed E-state index contributed by atoms with van der Waals surface area (Å²) in [6.07, 6.45) is 0. The number of nitrogens with one attached hydrogen (secondary N) is 1. The number of aromatic nitrogens is 1. The van der Waals surface area contributed by atoms with Gasteiger partial charge in [0.1, 0.15) is 11.3 Å². The fraction of sp³-hybridized carbons (Fsp3) is 0.235. The Morgan fingerprint density at radius 2 is 2.14 bits per heavy atom. The number of rotatable bonds is 5. The number of benzene rings is 1. The van der Waals surface area contributed by atoms with Crippen molar-refractivity contribution >= 4 is 22.2 Å². The lowest BCUT2D eigenvalue weighted by Gasteiger charge is -2.13. The van der Waals surface area contributed by atoms with E-state index in [0.29, 0.717) is 6.04 Å². The number of ether oxygens (including phenoxy) is 1. The Kier molecular flexibility index (Phi) is 4.18. The third-order valence-electron chi connectivity index (χ3n) is 3.59. The summed E-state index contributed by atoms with van der Waals surface area (Å²) in [6.45, 7) is 2.91. The molecule has 0 aliphatic carbocycles. The predicted octanol–water partition coefficient (Wildman–Crippen LogP) is 4.16. The largest absolute Gasteiger partial charge is 0.494 e. The first-order valence-electron chi connectivity index (χ1n) is 6.96. The van der Waals surface area contributed by atoms with Crippen molar-refractivity contribution in [1.82, 2.24) is 10.3 Å². The quantitative estimate of drug-likeness (QED) is 0.768. The van der Waals surface area contributed by atoms with E-state index in [-0.39, 0.29) is 0 Å². The van der Waals surface area contributed by atoms with E-state index in [0.717, 1.165) is 28.9 Å². The van der Waals surface area contributed by atoms with Gasteiger partial charge in [-0.3, -0.25) is 0 Å². The summed E-state index contributed by atoms with van der Waals surface area (Å²) in [7, 11) is 1.68. The van der Waals surface area contributed by atoms with E-state index < -0.39 is 0 Å². The molecular weight excluding hydrogens is 280 g/mol. The highest BCUT2D eigenvalue weighted by Gasteiger charge is 2.07. The molecule has 3 aromatic rings. The molecule has 3 rings (SSSR count). The number of hydrogen-bond donors (Lipinski definition) is 1. The van der Waals surface area contributed by atoms with Crippen LogP contribution >= 0.6 is 11.3 Å². The molecule has 1 unspecified atom stereocenters. The Labute approximate surface area is 128 Å². The van der Waals surface area contributed by atoms with Gasteiger partial charge in [0.15, 0.2) is 0 Å². The summed E-state index contributed by atoms with van der Waals surface area (Å²) in [5.74, 6) is 0.820. The molecule has 0 saturated heterocycles. The molecule has 0 radical (unpaired) electrons. The zero-order chi connectivity index (χ0) is 14.7. The molecule has 3 nitrogen and oxygen atoms in total. The summed E-state index contributed by atoms with van der Waals surface area (Å²) >= 11 is 1.72. The summed E-state index contributed by atoms with van der Waals surface area (Å²) in [6, 6.07) is 12.6. The fourth-order valence-electron chi connectivity index (χ4n) is 2.32. The van der Waals surface area contributed by atoms with Gasteiger partial charge in [-0.1, -0.05) is 18.2 Å². The predicted molar refractivity (Wildman–Crippen MR) is 87.9 cm³/mol. The van der Waals surface area contributed by atoms with Crippen molar-refractivity contribution < 1.29 is 4.74 Å². The number of methoxy groups -OCH3 is 1. The Balaban J connectivity index is 1.78. The minimum atomic E-state index is 0.325. The van der Waals surface area contributed by atoms with E-state index in [4.69, 9.17) is 9.72 Å². The van der Waals surface area contributed by atoms with Crippen molar-refractivity contribution in [3.63, 3.8) is 0 Å². The second-order valence-electron chi connectivity index (χ2n) is 4.99. The molecule has 0 aliphatic heterocycles. The fourth-order valence-corrected chi connectivity index (χ4v) is 3.07. The van der Waals surface area contributed by atoms with Crippen molar-refractivity contribution in [1.29, 1.82) is 0 Å². The average Bonchev–Trinajstić information content (AvgIpc) is 3.06. The van der Waals surface area contributed by atoms with Crippen molar-refractivity contribution in [3.05, 3.63) is 58.4 Å². The van der Waals surface area contributed by atoms with Crippen LogP contribution in [0, 0.1) is 0 Å². The topological polar surface area (TPSA) is 34.1 Å². The Morgan fingerprint density at radius 1 is 1.24 bits per heavy atom. The van der Waals surface area contributed by atoms with Gasteiger partial charge in [0.25, 0.3) is 0 Å². The molecule has 0 aliphatic rings. The minimum absolute atomic E-state index is 0.325. The molecule has 0 saturated carbocycles. The highest BCUT2D eigenvalue weighted by Crippen LogP contribution is 2.23. The van der Waals surface area contributed by atoms with Crippen LogP contribution in [0.3, 0.4) is 0 Å². The molecule has 1 N–H and O–H groups in total. The van der Waals surface area contributed by atoms with Crippen LogP contribution in [0.1, 0.15) is 24.2 Å². The van der Waals surface area contributed by atoms with Gasteiger partial charge in [-0.15, -0.1) is 0 Å². The van der Waals surface area contributed by atoms with Gasteiger partial charge in [-0.25, -0.2) is 4.98 Å². The summed E-state index contributed by atoms with van der Waals surface area (Å²) in [5.41, 5.74) is 3.26. The highest BCUT2D eigenvalue weighted by molar-refractivity contribution is 7.07. The van der Waals surface area contributed by atoms with Crippen LogP contribution in [0.25, 0.3) is 10.9 Å². The lowest BCUT2D eigenvalue weighted by molar-refractivity contribution is 0.418. The SMILES string of the molecule is COc1cccc2ccc(CNC(C)c3ccsc3)nc12. The Bertz CT molecular complexity index is 725. The van der Waals surface area contributed by atoms with Crippen molar-refractivity contribution in [3.8, 4) is 5.75 Å². The second kappa shape index (κ2) is 6.24. The maximum Gasteiger partial charge on any atom is 0.145 e. The number of para-hydroxylation sites is 1. The zero-order valence-corrected chi connectivity index (χ0v) is 13.0. The van der Waals surface area contributed by atoms with Gasteiger partial charge < -0.3 is 10.1 Å². The number of nitrogens with zero attached hydrogens (tertiary/aromatic N) is 1. The number of hydrogen-bond acceptors (Lipinski definition) is 4. The van der Waals surface area contributed by atoms with Crippen LogP contribution < -0.4 is 10.1 Å². The monoisotopic (exact) mass is 298 g/mol. The lowest BCUT2D eigenvalue weighted by Crippen LogP contribution is -2.18. The molecule has 0 fully saturated rings. The Hall–Kier alpha value is -1.91. The number of fused-ring (bicyclic) bond motifs is 1. The Morgan fingerprint density at radius 3 is 2.90 bits per heavy atom. The molecule has 0 spiro atoms.